The fourth-order valence-electron chi connectivity index (χ4n) is 3.25. The summed E-state index contributed by atoms with van der Waals surface area (Å²) in [6.45, 7) is 2.50. The second-order valence-electron chi connectivity index (χ2n) is 8.12. The van der Waals surface area contributed by atoms with Crippen LogP contribution in [0.3, 0.4) is 0 Å². The molecule has 0 saturated carbocycles. The van der Waals surface area contributed by atoms with Crippen molar-refractivity contribution in [2.24, 2.45) is 5.73 Å². The maximum atomic E-state index is 12.9. The Morgan fingerprint density at radius 2 is 1.54 bits per heavy atom. The molecule has 0 saturated heterocycles. The van der Waals surface area contributed by atoms with Gasteiger partial charge in [-0.15, -0.1) is 0 Å². The Morgan fingerprint density at radius 3 is 2.14 bits per heavy atom. The third kappa shape index (κ3) is 7.52. The number of rotatable bonds is 12. The monoisotopic (exact) mass is 491 g/mol. The smallest absolute Gasteiger partial charge is 0.325 e. The highest BCUT2D eigenvalue weighted by molar-refractivity contribution is 5.96. The van der Waals surface area contributed by atoms with E-state index in [9.17, 15) is 34.2 Å². The lowest BCUT2D eigenvalue weighted by molar-refractivity contribution is -0.143. The van der Waals surface area contributed by atoms with Gasteiger partial charge in [0.1, 0.15) is 24.2 Å². The van der Waals surface area contributed by atoms with Gasteiger partial charge in [-0.2, -0.15) is 0 Å². The molecule has 0 aliphatic carbocycles. The molecular weight excluding hydrogens is 462 g/mol. The van der Waals surface area contributed by atoms with Gasteiger partial charge in [0.2, 0.25) is 17.7 Å². The lowest BCUT2D eigenvalue weighted by Gasteiger charge is -2.24. The SMILES string of the molecule is CC(NC(=O)C(Cc1c[nH]c2ccccc12)NC(=O)C(CC(=O)O)NC(=O)C(N)C(C)O)C(=O)O. The Labute approximate surface area is 200 Å². The summed E-state index contributed by atoms with van der Waals surface area (Å²) in [7, 11) is 0. The number of para-hydroxylation sites is 1. The van der Waals surface area contributed by atoms with Gasteiger partial charge in [0.05, 0.1) is 12.5 Å². The normalized spacial score (nSPS) is 15.3. The maximum Gasteiger partial charge on any atom is 0.325 e. The van der Waals surface area contributed by atoms with Crippen molar-refractivity contribution >= 4 is 40.6 Å². The first kappa shape index (κ1) is 27.3. The largest absolute Gasteiger partial charge is 0.481 e. The van der Waals surface area contributed by atoms with Gasteiger partial charge >= 0.3 is 11.9 Å². The van der Waals surface area contributed by atoms with E-state index in [1.807, 2.05) is 6.07 Å². The summed E-state index contributed by atoms with van der Waals surface area (Å²) in [6.07, 6.45) is -0.511. The van der Waals surface area contributed by atoms with Gasteiger partial charge in [-0.1, -0.05) is 18.2 Å². The highest BCUT2D eigenvalue weighted by Crippen LogP contribution is 2.19. The molecule has 1 aromatic carbocycles. The minimum atomic E-state index is -1.61. The number of carboxylic acid groups (broad SMARTS) is 2. The quantitative estimate of drug-likeness (QED) is 0.172. The summed E-state index contributed by atoms with van der Waals surface area (Å²) in [4.78, 5) is 63.5. The fourth-order valence-corrected chi connectivity index (χ4v) is 3.25. The van der Waals surface area contributed by atoms with Gasteiger partial charge < -0.3 is 42.0 Å². The van der Waals surface area contributed by atoms with Gasteiger partial charge in [0.15, 0.2) is 0 Å². The van der Waals surface area contributed by atoms with Crippen molar-refractivity contribution in [3.05, 3.63) is 36.0 Å². The second kappa shape index (κ2) is 11.9. The van der Waals surface area contributed by atoms with Crippen molar-refractivity contribution in [3.8, 4) is 0 Å². The van der Waals surface area contributed by atoms with Crippen molar-refractivity contribution in [3.63, 3.8) is 0 Å². The number of aliphatic carboxylic acids is 2. The molecular formula is C22H29N5O8. The van der Waals surface area contributed by atoms with E-state index in [1.54, 1.807) is 24.4 Å². The van der Waals surface area contributed by atoms with E-state index in [4.69, 9.17) is 10.8 Å². The number of amides is 3. The molecule has 0 aliphatic heterocycles. The third-order valence-electron chi connectivity index (χ3n) is 5.30. The minimum absolute atomic E-state index is 0.0607. The third-order valence-corrected chi connectivity index (χ3v) is 5.30. The number of hydrogen-bond donors (Lipinski definition) is 8. The number of aliphatic hydroxyl groups is 1. The molecule has 3 amide bonds. The minimum Gasteiger partial charge on any atom is -0.481 e. The molecule has 2 rings (SSSR count). The van der Waals surface area contributed by atoms with Crippen molar-refractivity contribution in [1.82, 2.24) is 20.9 Å². The number of carbonyl (C=O) groups is 5. The molecule has 5 unspecified atom stereocenters. The first-order valence-corrected chi connectivity index (χ1v) is 10.7. The molecule has 0 aliphatic rings. The van der Waals surface area contributed by atoms with E-state index in [1.165, 1.54) is 13.8 Å². The van der Waals surface area contributed by atoms with Crippen molar-refractivity contribution < 1.29 is 39.3 Å². The Hall–Kier alpha value is -3.97. The van der Waals surface area contributed by atoms with Crippen LogP contribution in [0.4, 0.5) is 0 Å². The topological polar surface area (TPSA) is 224 Å². The average molecular weight is 492 g/mol. The molecule has 0 spiro atoms. The highest BCUT2D eigenvalue weighted by Gasteiger charge is 2.32. The zero-order valence-corrected chi connectivity index (χ0v) is 19.1. The summed E-state index contributed by atoms with van der Waals surface area (Å²) in [5.41, 5.74) is 6.96. The summed E-state index contributed by atoms with van der Waals surface area (Å²) >= 11 is 0. The van der Waals surface area contributed by atoms with Gasteiger partial charge in [0, 0.05) is 23.5 Å². The van der Waals surface area contributed by atoms with Crippen LogP contribution in [0.1, 0.15) is 25.8 Å². The molecule has 1 aromatic heterocycles. The number of aromatic amines is 1. The lowest BCUT2D eigenvalue weighted by Crippen LogP contribution is -2.58. The number of benzene rings is 1. The summed E-state index contributed by atoms with van der Waals surface area (Å²) in [5.74, 6) is -5.48. The Morgan fingerprint density at radius 1 is 0.943 bits per heavy atom. The predicted octanol–water partition coefficient (Wildman–Crippen LogP) is -1.55. The number of nitrogens with one attached hydrogen (secondary N) is 4. The van der Waals surface area contributed by atoms with E-state index in [-0.39, 0.29) is 6.42 Å². The average Bonchev–Trinajstić information content (AvgIpc) is 3.19. The van der Waals surface area contributed by atoms with Crippen LogP contribution in [0.2, 0.25) is 0 Å². The van der Waals surface area contributed by atoms with Crippen LogP contribution in [0.25, 0.3) is 10.9 Å². The maximum absolute atomic E-state index is 12.9. The summed E-state index contributed by atoms with van der Waals surface area (Å²) in [6, 6.07) is 1.60. The van der Waals surface area contributed by atoms with Gasteiger partial charge in [-0.25, -0.2) is 0 Å². The fraction of sp³-hybridized carbons (Fsp3) is 0.409. The zero-order chi connectivity index (χ0) is 26.3. The first-order chi connectivity index (χ1) is 16.4. The number of aromatic nitrogens is 1. The Bertz CT molecular complexity index is 1100. The van der Waals surface area contributed by atoms with Gasteiger partial charge in [0.25, 0.3) is 0 Å². The molecule has 2 aromatic rings. The van der Waals surface area contributed by atoms with E-state index in [0.717, 1.165) is 10.9 Å². The molecule has 13 heteroatoms. The number of hydrogen-bond acceptors (Lipinski definition) is 7. The number of fused-ring (bicyclic) bond motifs is 1. The van der Waals surface area contributed by atoms with E-state index >= 15 is 0 Å². The standard InChI is InChI=1S/C22H29N5O8/c1-10(22(34)35)25-19(31)15(7-12-9-24-14-6-4-3-5-13(12)14)26-20(32)16(8-17(29)30)27-21(33)18(23)11(2)28/h3-6,9-11,15-16,18,24,28H,7-8,23H2,1-2H3,(H,25,31)(H,26,32)(H,27,33)(H,29,30)(H,34,35). The molecule has 35 heavy (non-hydrogen) atoms. The lowest BCUT2D eigenvalue weighted by atomic mass is 10.0. The predicted molar refractivity (Wildman–Crippen MR) is 123 cm³/mol. The summed E-state index contributed by atoms with van der Waals surface area (Å²) < 4.78 is 0. The number of aliphatic hydroxyl groups excluding tert-OH is 1. The van der Waals surface area contributed by atoms with Crippen molar-refractivity contribution in [2.75, 3.05) is 0 Å². The Balaban J connectivity index is 2.29. The highest BCUT2D eigenvalue weighted by atomic mass is 16.4. The van der Waals surface area contributed by atoms with E-state index in [2.05, 4.69) is 20.9 Å². The van der Waals surface area contributed by atoms with Crippen molar-refractivity contribution in [2.45, 2.75) is 57.0 Å². The molecule has 0 radical (unpaired) electrons. The molecule has 9 N–H and O–H groups in total. The molecule has 1 heterocycles. The first-order valence-electron chi connectivity index (χ1n) is 10.7. The van der Waals surface area contributed by atoms with Crippen LogP contribution in [0.15, 0.2) is 30.5 Å². The number of carbonyl (C=O) groups excluding carboxylic acids is 3. The number of H-pyrrole nitrogens is 1. The van der Waals surface area contributed by atoms with E-state index in [0.29, 0.717) is 5.56 Å². The molecule has 13 nitrogen and oxygen atoms in total. The van der Waals surface area contributed by atoms with Crippen LogP contribution < -0.4 is 21.7 Å². The molecule has 0 fully saturated rings. The van der Waals surface area contributed by atoms with Crippen LogP contribution in [-0.2, 0) is 30.4 Å². The molecule has 0 bridgehead atoms. The van der Waals surface area contributed by atoms with Crippen LogP contribution in [0, 0.1) is 0 Å². The number of carboxylic acids is 2. The Kier molecular flexibility index (Phi) is 9.31. The summed E-state index contributed by atoms with van der Waals surface area (Å²) in [5, 5.41) is 35.4. The second-order valence-corrected chi connectivity index (χ2v) is 8.12. The van der Waals surface area contributed by atoms with Gasteiger partial charge in [-0.3, -0.25) is 24.0 Å². The molecule has 5 atom stereocenters. The van der Waals surface area contributed by atoms with E-state index < -0.39 is 66.4 Å². The van der Waals surface area contributed by atoms with Gasteiger partial charge in [-0.05, 0) is 25.5 Å². The molecule has 190 valence electrons. The number of nitrogens with two attached hydrogens (primary N) is 1. The van der Waals surface area contributed by atoms with Crippen LogP contribution in [0.5, 0.6) is 0 Å². The van der Waals surface area contributed by atoms with Crippen LogP contribution >= 0.6 is 0 Å². The van der Waals surface area contributed by atoms with Crippen molar-refractivity contribution in [1.29, 1.82) is 0 Å². The van der Waals surface area contributed by atoms with Crippen LogP contribution in [-0.4, -0.2) is 80.2 Å². The zero-order valence-electron chi connectivity index (χ0n) is 19.1.